The van der Waals surface area contributed by atoms with Gasteiger partial charge in [-0.15, -0.1) is 0 Å². The van der Waals surface area contributed by atoms with Crippen molar-refractivity contribution in [2.75, 3.05) is 40.9 Å². The molecule has 2 N–H and O–H groups in total. The van der Waals surface area contributed by atoms with E-state index >= 15 is 0 Å². The van der Waals surface area contributed by atoms with Crippen LogP contribution in [0.25, 0.3) is 0 Å². The number of carbonyl (C=O) groups excluding carboxylic acids is 2. The Labute approximate surface area is 527 Å². The molecule has 496 valence electrons. The number of unbranched alkanes of at least 4 members (excludes halogenated alkanes) is 40. The van der Waals surface area contributed by atoms with Crippen molar-refractivity contribution in [1.29, 1.82) is 0 Å². The van der Waals surface area contributed by atoms with Crippen molar-refractivity contribution in [2.24, 2.45) is 0 Å². The van der Waals surface area contributed by atoms with Crippen LogP contribution in [0.5, 0.6) is 0 Å². The van der Waals surface area contributed by atoms with Gasteiger partial charge < -0.3 is 19.4 Å². The fourth-order valence-electron chi connectivity index (χ4n) is 10.6. The normalized spacial score (nSPS) is 13.9. The molecule has 0 heterocycles. The Balaban J connectivity index is 4.98. The molecule has 9 nitrogen and oxygen atoms in total. The predicted molar refractivity (Wildman–Crippen MR) is 369 cm³/mol. The number of nitrogens with one attached hydrogen (secondary N) is 1. The number of hydrogen-bond donors (Lipinski definition) is 2. The SMILES string of the molecule is CC/C=C\C/C=C\C/C=C\C/C=C\C/C=C\CCCCCCCCCCCCCC(=O)OC(/C=C/CCCCCCCCCCC)C(COP(=O)(O)OCC[N+](C)(C)C)NC(=O)CCCCCCCCCCCCCCCCCCCCCCC. The fraction of sp³-hybridized carbons (Fsp3) is 0.813. The maximum Gasteiger partial charge on any atom is 0.472 e. The molecule has 0 rings (SSSR count). The molecule has 0 spiro atoms. The van der Waals surface area contributed by atoms with Crippen LogP contribution in [0.15, 0.2) is 72.9 Å². The van der Waals surface area contributed by atoms with Gasteiger partial charge in [0.25, 0.3) is 0 Å². The summed E-state index contributed by atoms with van der Waals surface area (Å²) in [6.07, 6.45) is 84.9. The molecular weight excluding hydrogens is 1070 g/mol. The summed E-state index contributed by atoms with van der Waals surface area (Å²) in [5.74, 6) is -0.496. The largest absolute Gasteiger partial charge is 0.472 e. The van der Waals surface area contributed by atoms with Crippen molar-refractivity contribution < 1.29 is 37.3 Å². The minimum atomic E-state index is -4.45. The van der Waals surface area contributed by atoms with Gasteiger partial charge in [0.15, 0.2) is 0 Å². The minimum absolute atomic E-state index is 0.0400. The van der Waals surface area contributed by atoms with E-state index in [-0.39, 0.29) is 31.5 Å². The van der Waals surface area contributed by atoms with Crippen LogP contribution < -0.4 is 5.32 Å². The van der Waals surface area contributed by atoms with Crippen LogP contribution in [0, 0.1) is 0 Å². The lowest BCUT2D eigenvalue weighted by Gasteiger charge is -2.27. The number of likely N-dealkylation sites (N-methyl/N-ethyl adjacent to an activating group) is 1. The molecule has 3 unspecified atom stereocenters. The second-order valence-corrected chi connectivity index (χ2v) is 27.2. The maximum absolute atomic E-state index is 13.6. The van der Waals surface area contributed by atoms with E-state index in [1.54, 1.807) is 0 Å². The summed E-state index contributed by atoms with van der Waals surface area (Å²) in [4.78, 5) is 37.9. The van der Waals surface area contributed by atoms with Gasteiger partial charge in [-0.2, -0.15) is 0 Å². The highest BCUT2D eigenvalue weighted by Gasteiger charge is 2.30. The topological polar surface area (TPSA) is 111 Å². The summed E-state index contributed by atoms with van der Waals surface area (Å²) in [6, 6.07) is -0.850. The first kappa shape index (κ1) is 82.5. The van der Waals surface area contributed by atoms with Gasteiger partial charge in [0.2, 0.25) is 5.91 Å². The molecule has 85 heavy (non-hydrogen) atoms. The Kier molecular flexibility index (Phi) is 62.5. The molecule has 3 atom stereocenters. The molecule has 0 aliphatic carbocycles. The first-order chi connectivity index (χ1) is 41.4. The van der Waals surface area contributed by atoms with E-state index in [0.717, 1.165) is 89.9 Å². The zero-order valence-electron chi connectivity index (χ0n) is 56.9. The van der Waals surface area contributed by atoms with Gasteiger partial charge in [-0.05, 0) is 76.7 Å². The number of allylic oxidation sites excluding steroid dienone is 11. The van der Waals surface area contributed by atoms with E-state index in [0.29, 0.717) is 17.4 Å². The molecular formula is C75H140N2O7P+. The predicted octanol–water partition coefficient (Wildman–Crippen LogP) is 23.1. The zero-order chi connectivity index (χ0) is 62.1. The van der Waals surface area contributed by atoms with Crippen LogP contribution >= 0.6 is 7.82 Å². The highest BCUT2D eigenvalue weighted by atomic mass is 31.2. The summed E-state index contributed by atoms with van der Waals surface area (Å²) in [5.41, 5.74) is 0. The van der Waals surface area contributed by atoms with Gasteiger partial charge in [0.05, 0.1) is 33.8 Å². The van der Waals surface area contributed by atoms with E-state index in [4.69, 9.17) is 13.8 Å². The van der Waals surface area contributed by atoms with Gasteiger partial charge >= 0.3 is 13.8 Å². The standard InChI is InChI=1S/C75H139N2O7P/c1-7-10-13-16-19-22-25-27-29-31-33-35-36-37-38-39-40-42-44-46-48-50-53-56-59-62-65-68-75(79)84-73(66-63-60-57-54-51-24-21-18-15-12-9-3)72(71-83-85(80,81)82-70-69-77(4,5)6)76-74(78)67-64-61-58-55-52-49-47-45-43-41-34-32-30-28-26-23-20-17-14-11-8-2/h10,13,19,22,27,29,33,35,37-38,63,66,72-73H,7-9,11-12,14-18,20-21,23-26,28,30-32,34,36,39-62,64-65,67-71H2,1-6H3,(H-,76,78,80,81)/p+1/b13-10-,22-19-,29-27-,35-33-,38-37-,66-63+. The third kappa shape index (κ3) is 65.7. The smallest absolute Gasteiger partial charge is 0.456 e. The van der Waals surface area contributed by atoms with Crippen LogP contribution in [0.4, 0.5) is 0 Å². The van der Waals surface area contributed by atoms with Gasteiger partial charge in [0, 0.05) is 12.8 Å². The second-order valence-electron chi connectivity index (χ2n) is 25.7. The highest BCUT2D eigenvalue weighted by Crippen LogP contribution is 2.43. The van der Waals surface area contributed by atoms with Gasteiger partial charge in [-0.1, -0.05) is 325 Å². The molecule has 0 aliphatic rings. The number of amides is 1. The van der Waals surface area contributed by atoms with Gasteiger partial charge in [0.1, 0.15) is 19.3 Å². The number of phosphoric acid groups is 1. The number of ether oxygens (including phenoxy) is 1. The lowest BCUT2D eigenvalue weighted by atomic mass is 10.0. The maximum atomic E-state index is 13.6. The zero-order valence-corrected chi connectivity index (χ0v) is 57.7. The molecule has 10 heteroatoms. The lowest BCUT2D eigenvalue weighted by molar-refractivity contribution is -0.870. The quantitative estimate of drug-likeness (QED) is 0.0205. The number of rotatable bonds is 66. The third-order valence-corrected chi connectivity index (χ3v) is 17.1. The Morgan fingerprint density at radius 3 is 1.13 bits per heavy atom. The van der Waals surface area contributed by atoms with Crippen molar-refractivity contribution in [3.05, 3.63) is 72.9 Å². The molecule has 0 radical (unpaired) electrons. The van der Waals surface area contributed by atoms with Crippen molar-refractivity contribution in [3.63, 3.8) is 0 Å². The van der Waals surface area contributed by atoms with Crippen LogP contribution in [-0.2, 0) is 27.9 Å². The van der Waals surface area contributed by atoms with Crippen LogP contribution in [-0.4, -0.2) is 74.3 Å². The molecule has 0 bridgehead atoms. The van der Waals surface area contributed by atoms with Crippen LogP contribution in [0.2, 0.25) is 0 Å². The van der Waals surface area contributed by atoms with E-state index in [1.807, 2.05) is 33.3 Å². The molecule has 0 saturated carbocycles. The van der Waals surface area contributed by atoms with Gasteiger partial charge in [-0.25, -0.2) is 4.57 Å². The monoisotopic (exact) mass is 1210 g/mol. The fourth-order valence-corrected chi connectivity index (χ4v) is 11.4. The van der Waals surface area contributed by atoms with Crippen LogP contribution in [0.1, 0.15) is 342 Å². The first-order valence-corrected chi connectivity index (χ1v) is 37.8. The Morgan fingerprint density at radius 2 is 0.753 bits per heavy atom. The summed E-state index contributed by atoms with van der Waals surface area (Å²) in [7, 11) is 1.50. The van der Waals surface area contributed by atoms with E-state index < -0.39 is 20.0 Å². The number of hydrogen-bond acceptors (Lipinski definition) is 6. The number of quaternary nitrogens is 1. The summed E-state index contributed by atoms with van der Waals surface area (Å²) in [5, 5.41) is 3.07. The first-order valence-electron chi connectivity index (χ1n) is 36.3. The molecule has 0 aromatic heterocycles. The summed E-state index contributed by atoms with van der Waals surface area (Å²) in [6.45, 7) is 6.94. The number of phosphoric ester groups is 1. The van der Waals surface area contributed by atoms with E-state index in [2.05, 4.69) is 86.8 Å². The van der Waals surface area contributed by atoms with Crippen molar-refractivity contribution >= 4 is 19.7 Å². The highest BCUT2D eigenvalue weighted by molar-refractivity contribution is 7.47. The molecule has 0 saturated heterocycles. The van der Waals surface area contributed by atoms with Crippen LogP contribution in [0.3, 0.4) is 0 Å². The molecule has 0 aliphatic heterocycles. The van der Waals surface area contributed by atoms with Crippen molar-refractivity contribution in [1.82, 2.24) is 5.32 Å². The second kappa shape index (κ2) is 64.4. The lowest BCUT2D eigenvalue weighted by Crippen LogP contribution is -2.47. The minimum Gasteiger partial charge on any atom is -0.456 e. The average Bonchev–Trinajstić information content (AvgIpc) is 3.59. The Bertz CT molecular complexity index is 1680. The van der Waals surface area contributed by atoms with E-state index in [1.165, 1.54) is 218 Å². The van der Waals surface area contributed by atoms with Crippen molar-refractivity contribution in [3.8, 4) is 0 Å². The number of esters is 1. The average molecular weight is 1210 g/mol. The third-order valence-electron chi connectivity index (χ3n) is 16.2. The van der Waals surface area contributed by atoms with Gasteiger partial charge in [-0.3, -0.25) is 18.6 Å². The number of carbonyl (C=O) groups is 2. The molecule has 0 aromatic rings. The Hall–Kier alpha value is -2.55. The number of nitrogens with zero attached hydrogens (tertiary/aromatic N) is 1. The van der Waals surface area contributed by atoms with Crippen molar-refractivity contribution in [2.45, 2.75) is 354 Å². The summed E-state index contributed by atoms with van der Waals surface area (Å²) < 4.78 is 30.8. The summed E-state index contributed by atoms with van der Waals surface area (Å²) >= 11 is 0. The molecule has 0 fully saturated rings. The van der Waals surface area contributed by atoms with E-state index in [9.17, 15) is 19.0 Å². The molecule has 0 aromatic carbocycles. The molecule has 1 amide bonds. The Morgan fingerprint density at radius 1 is 0.424 bits per heavy atom.